The third-order valence-electron chi connectivity index (χ3n) is 3.73. The number of hydrogen-bond donors (Lipinski definition) is 1. The fourth-order valence-corrected chi connectivity index (χ4v) is 3.18. The Hall–Kier alpha value is -0.440. The summed E-state index contributed by atoms with van der Waals surface area (Å²) in [5.74, 6) is 0. The van der Waals surface area contributed by atoms with E-state index < -0.39 is 0 Å². The van der Waals surface area contributed by atoms with Crippen LogP contribution in [-0.4, -0.2) is 30.1 Å². The van der Waals surface area contributed by atoms with Crippen molar-refractivity contribution >= 4 is 28.9 Å². The largest absolute Gasteiger partial charge is 0.382 e. The summed E-state index contributed by atoms with van der Waals surface area (Å²) in [7, 11) is 0. The predicted octanol–water partition coefficient (Wildman–Crippen LogP) is 4.67. The average Bonchev–Trinajstić information content (AvgIpc) is 2.53. The average molecular weight is 301 g/mol. The molecular formula is C15H22Cl2N2. The summed E-state index contributed by atoms with van der Waals surface area (Å²) in [6.07, 6.45) is 3.61. The van der Waals surface area contributed by atoms with Crippen molar-refractivity contribution in [3.05, 3.63) is 28.2 Å². The SMILES string of the molecule is CC(C)N1CCCC(Nc2cc(Cl)cc(Cl)c2)CC1. The van der Waals surface area contributed by atoms with Crippen LogP contribution in [-0.2, 0) is 0 Å². The summed E-state index contributed by atoms with van der Waals surface area (Å²) >= 11 is 12.1. The van der Waals surface area contributed by atoms with E-state index in [0.29, 0.717) is 22.1 Å². The van der Waals surface area contributed by atoms with Crippen LogP contribution in [0.5, 0.6) is 0 Å². The van der Waals surface area contributed by atoms with Gasteiger partial charge in [0.2, 0.25) is 0 Å². The van der Waals surface area contributed by atoms with Gasteiger partial charge in [0.1, 0.15) is 0 Å². The predicted molar refractivity (Wildman–Crippen MR) is 84.4 cm³/mol. The number of benzene rings is 1. The quantitative estimate of drug-likeness (QED) is 0.873. The van der Waals surface area contributed by atoms with Crippen molar-refractivity contribution in [1.82, 2.24) is 4.90 Å². The second-order valence-corrected chi connectivity index (χ2v) is 6.43. The Balaban J connectivity index is 1.95. The van der Waals surface area contributed by atoms with E-state index in [1.807, 2.05) is 12.1 Å². The molecule has 19 heavy (non-hydrogen) atoms. The highest BCUT2D eigenvalue weighted by Gasteiger charge is 2.18. The van der Waals surface area contributed by atoms with Crippen LogP contribution in [0.4, 0.5) is 5.69 Å². The first kappa shape index (κ1) is 15.0. The van der Waals surface area contributed by atoms with E-state index in [1.165, 1.54) is 25.8 Å². The molecule has 106 valence electrons. The van der Waals surface area contributed by atoms with Crippen LogP contribution in [0, 0.1) is 0 Å². The van der Waals surface area contributed by atoms with Gasteiger partial charge in [0.05, 0.1) is 0 Å². The van der Waals surface area contributed by atoms with E-state index in [9.17, 15) is 0 Å². The molecule has 1 unspecified atom stereocenters. The van der Waals surface area contributed by atoms with Gasteiger partial charge in [-0.15, -0.1) is 0 Å². The first-order valence-corrected chi connectivity index (χ1v) is 7.77. The molecule has 4 heteroatoms. The van der Waals surface area contributed by atoms with Gasteiger partial charge in [0.15, 0.2) is 0 Å². The number of nitrogens with zero attached hydrogens (tertiary/aromatic N) is 1. The van der Waals surface area contributed by atoms with Crippen LogP contribution in [0.2, 0.25) is 10.0 Å². The lowest BCUT2D eigenvalue weighted by molar-refractivity contribution is 0.230. The van der Waals surface area contributed by atoms with Gasteiger partial charge >= 0.3 is 0 Å². The third kappa shape index (κ3) is 4.55. The molecule has 1 aromatic carbocycles. The van der Waals surface area contributed by atoms with E-state index in [0.717, 1.165) is 12.2 Å². The molecule has 0 amide bonds. The highest BCUT2D eigenvalue weighted by Crippen LogP contribution is 2.25. The number of likely N-dealkylation sites (tertiary alicyclic amines) is 1. The van der Waals surface area contributed by atoms with Crippen LogP contribution < -0.4 is 5.32 Å². The van der Waals surface area contributed by atoms with Gasteiger partial charge in [-0.05, 0) is 57.9 Å². The van der Waals surface area contributed by atoms with Gasteiger partial charge < -0.3 is 10.2 Å². The molecule has 1 saturated heterocycles. The fraction of sp³-hybridized carbons (Fsp3) is 0.600. The second kappa shape index (κ2) is 6.83. The molecule has 1 atom stereocenters. The Labute approximate surface area is 126 Å². The minimum Gasteiger partial charge on any atom is -0.382 e. The monoisotopic (exact) mass is 300 g/mol. The van der Waals surface area contributed by atoms with E-state index in [-0.39, 0.29) is 0 Å². The van der Waals surface area contributed by atoms with Crippen LogP contribution in [0.3, 0.4) is 0 Å². The Morgan fingerprint density at radius 1 is 1.11 bits per heavy atom. The smallest absolute Gasteiger partial charge is 0.0441 e. The normalized spacial score (nSPS) is 21.4. The lowest BCUT2D eigenvalue weighted by Gasteiger charge is -2.24. The molecule has 1 fully saturated rings. The Bertz CT molecular complexity index is 400. The van der Waals surface area contributed by atoms with E-state index in [2.05, 4.69) is 24.1 Å². The summed E-state index contributed by atoms with van der Waals surface area (Å²) in [6.45, 7) is 6.89. The van der Waals surface area contributed by atoms with Crippen molar-refractivity contribution < 1.29 is 0 Å². The van der Waals surface area contributed by atoms with Gasteiger partial charge in [-0.2, -0.15) is 0 Å². The Morgan fingerprint density at radius 2 is 1.79 bits per heavy atom. The van der Waals surface area contributed by atoms with Gasteiger partial charge in [-0.3, -0.25) is 0 Å². The molecule has 1 heterocycles. The minimum absolute atomic E-state index is 0.512. The van der Waals surface area contributed by atoms with Crippen LogP contribution in [0.1, 0.15) is 33.1 Å². The van der Waals surface area contributed by atoms with Crippen molar-refractivity contribution in [3.63, 3.8) is 0 Å². The molecule has 2 nitrogen and oxygen atoms in total. The number of hydrogen-bond acceptors (Lipinski definition) is 2. The maximum Gasteiger partial charge on any atom is 0.0441 e. The maximum absolute atomic E-state index is 6.03. The van der Waals surface area contributed by atoms with Crippen molar-refractivity contribution in [2.75, 3.05) is 18.4 Å². The fourth-order valence-electron chi connectivity index (χ4n) is 2.65. The summed E-state index contributed by atoms with van der Waals surface area (Å²) in [5.41, 5.74) is 1.03. The highest BCUT2D eigenvalue weighted by molar-refractivity contribution is 6.35. The van der Waals surface area contributed by atoms with Gasteiger partial charge in [0.25, 0.3) is 0 Å². The molecule has 0 aromatic heterocycles. The van der Waals surface area contributed by atoms with E-state index in [4.69, 9.17) is 23.2 Å². The molecule has 2 rings (SSSR count). The zero-order chi connectivity index (χ0) is 13.8. The van der Waals surface area contributed by atoms with Crippen molar-refractivity contribution in [2.45, 2.75) is 45.2 Å². The summed E-state index contributed by atoms with van der Waals surface area (Å²) in [6, 6.07) is 6.80. The molecule has 0 spiro atoms. The van der Waals surface area contributed by atoms with Crippen molar-refractivity contribution in [2.24, 2.45) is 0 Å². The number of rotatable bonds is 3. The molecular weight excluding hydrogens is 279 g/mol. The molecule has 1 N–H and O–H groups in total. The van der Waals surface area contributed by atoms with Crippen molar-refractivity contribution in [3.8, 4) is 0 Å². The zero-order valence-corrected chi connectivity index (χ0v) is 13.1. The third-order valence-corrected chi connectivity index (χ3v) is 4.16. The molecule has 0 radical (unpaired) electrons. The molecule has 0 aliphatic carbocycles. The Morgan fingerprint density at radius 3 is 2.42 bits per heavy atom. The molecule has 1 aliphatic heterocycles. The van der Waals surface area contributed by atoms with E-state index in [1.54, 1.807) is 6.07 Å². The molecule has 1 aromatic rings. The Kier molecular flexibility index (Phi) is 5.37. The van der Waals surface area contributed by atoms with Gasteiger partial charge in [-0.25, -0.2) is 0 Å². The van der Waals surface area contributed by atoms with Gasteiger partial charge in [0, 0.05) is 34.4 Å². The maximum atomic E-state index is 6.03. The topological polar surface area (TPSA) is 15.3 Å². The van der Waals surface area contributed by atoms with Crippen LogP contribution >= 0.6 is 23.2 Å². The lowest BCUT2D eigenvalue weighted by Crippen LogP contribution is -2.32. The van der Waals surface area contributed by atoms with Crippen LogP contribution in [0.15, 0.2) is 18.2 Å². The molecule has 0 bridgehead atoms. The summed E-state index contributed by atoms with van der Waals surface area (Å²) in [5, 5.41) is 4.94. The lowest BCUT2D eigenvalue weighted by atomic mass is 10.1. The minimum atomic E-state index is 0.512. The first-order chi connectivity index (χ1) is 9.04. The highest BCUT2D eigenvalue weighted by atomic mass is 35.5. The first-order valence-electron chi connectivity index (χ1n) is 7.01. The standard InChI is InChI=1S/C15H22Cl2N2/c1-11(2)19-6-3-4-14(5-7-19)18-15-9-12(16)8-13(17)10-15/h8-11,14,18H,3-7H2,1-2H3. The zero-order valence-electron chi connectivity index (χ0n) is 11.6. The number of halogens is 2. The summed E-state index contributed by atoms with van der Waals surface area (Å²) < 4.78 is 0. The number of anilines is 1. The molecule has 1 aliphatic rings. The van der Waals surface area contributed by atoms with E-state index >= 15 is 0 Å². The molecule has 0 saturated carbocycles. The number of nitrogens with one attached hydrogen (secondary N) is 1. The van der Waals surface area contributed by atoms with Crippen molar-refractivity contribution in [1.29, 1.82) is 0 Å². The van der Waals surface area contributed by atoms with Crippen LogP contribution in [0.25, 0.3) is 0 Å². The summed E-state index contributed by atoms with van der Waals surface area (Å²) in [4.78, 5) is 2.55. The van der Waals surface area contributed by atoms with Gasteiger partial charge in [-0.1, -0.05) is 23.2 Å². The second-order valence-electron chi connectivity index (χ2n) is 5.56.